The maximum Gasteiger partial charge on any atom is 0.224 e. The highest BCUT2D eigenvalue weighted by Gasteiger charge is 2.68. The van der Waals surface area contributed by atoms with E-state index in [0.29, 0.717) is 0 Å². The lowest BCUT2D eigenvalue weighted by Crippen LogP contribution is -2.28. The maximum absolute atomic E-state index is 11.9. The third kappa shape index (κ3) is 2.53. The summed E-state index contributed by atoms with van der Waals surface area (Å²) in [5.74, 6) is 0.366. The highest BCUT2D eigenvalue weighted by Crippen LogP contribution is 2.68. The van der Waals surface area contributed by atoms with Crippen LogP contribution in [-0.2, 0) is 4.79 Å². The first-order chi connectivity index (χ1) is 7.21. The summed E-state index contributed by atoms with van der Waals surface area (Å²) in [5, 5.41) is 3.21. The van der Waals surface area contributed by atoms with E-state index in [9.17, 15) is 4.79 Å². The van der Waals surface area contributed by atoms with Crippen molar-refractivity contribution >= 4 is 17.5 Å². The van der Waals surface area contributed by atoms with Gasteiger partial charge in [0.05, 0.1) is 0 Å². The topological polar surface area (TPSA) is 29.1 Å². The molecule has 1 unspecified atom stereocenters. The Bertz CT molecular complexity index is 257. The smallest absolute Gasteiger partial charge is 0.224 e. The SMILES string of the molecule is CC(Cl)CCCNC(=O)C1C(C)(C)C1(C)C. The van der Waals surface area contributed by atoms with Gasteiger partial charge in [-0.1, -0.05) is 27.7 Å². The molecule has 0 aromatic heterocycles. The van der Waals surface area contributed by atoms with E-state index < -0.39 is 0 Å². The molecule has 0 spiro atoms. The van der Waals surface area contributed by atoms with Gasteiger partial charge in [-0.15, -0.1) is 11.6 Å². The molecule has 1 saturated carbocycles. The number of rotatable bonds is 5. The number of amides is 1. The van der Waals surface area contributed by atoms with Gasteiger partial charge in [-0.2, -0.15) is 0 Å². The molecule has 0 radical (unpaired) electrons. The Morgan fingerprint density at radius 2 is 1.81 bits per heavy atom. The normalized spacial score (nSPS) is 23.9. The van der Waals surface area contributed by atoms with Crippen molar-refractivity contribution in [1.29, 1.82) is 0 Å². The Balaban J connectivity index is 2.28. The number of hydrogen-bond donors (Lipinski definition) is 1. The van der Waals surface area contributed by atoms with Gasteiger partial charge >= 0.3 is 0 Å². The molecule has 0 aliphatic heterocycles. The number of nitrogens with one attached hydrogen (secondary N) is 1. The van der Waals surface area contributed by atoms with Crippen LogP contribution in [0.4, 0.5) is 0 Å². The number of carbonyl (C=O) groups is 1. The fraction of sp³-hybridized carbons (Fsp3) is 0.923. The average molecular weight is 246 g/mol. The van der Waals surface area contributed by atoms with Crippen molar-refractivity contribution in [2.24, 2.45) is 16.7 Å². The second-order valence-electron chi connectivity index (χ2n) is 6.09. The fourth-order valence-corrected chi connectivity index (χ4v) is 2.70. The summed E-state index contributed by atoms with van der Waals surface area (Å²) in [7, 11) is 0. The molecular formula is C13H24ClNO. The zero-order chi connectivity index (χ0) is 12.6. The maximum atomic E-state index is 11.9. The van der Waals surface area contributed by atoms with E-state index in [-0.39, 0.29) is 28.0 Å². The van der Waals surface area contributed by atoms with Gasteiger partial charge < -0.3 is 5.32 Å². The Morgan fingerprint density at radius 3 is 2.19 bits per heavy atom. The van der Waals surface area contributed by atoms with Crippen LogP contribution in [0, 0.1) is 16.7 Å². The molecule has 1 atom stereocenters. The van der Waals surface area contributed by atoms with Gasteiger partial charge in [0.1, 0.15) is 0 Å². The molecule has 1 amide bonds. The van der Waals surface area contributed by atoms with Crippen molar-refractivity contribution in [2.45, 2.75) is 52.8 Å². The zero-order valence-electron chi connectivity index (χ0n) is 11.1. The van der Waals surface area contributed by atoms with Crippen molar-refractivity contribution in [3.8, 4) is 0 Å². The lowest BCUT2D eigenvalue weighted by Gasteiger charge is -2.07. The van der Waals surface area contributed by atoms with Crippen LogP contribution in [0.2, 0.25) is 0 Å². The lowest BCUT2D eigenvalue weighted by atomic mass is 10.0. The van der Waals surface area contributed by atoms with Crippen LogP contribution in [0.25, 0.3) is 0 Å². The summed E-state index contributed by atoms with van der Waals surface area (Å²) in [6.45, 7) is 11.4. The number of hydrogen-bond acceptors (Lipinski definition) is 1. The summed E-state index contributed by atoms with van der Waals surface area (Å²) in [6, 6.07) is 0. The molecule has 2 nitrogen and oxygen atoms in total. The van der Waals surface area contributed by atoms with Crippen molar-refractivity contribution in [1.82, 2.24) is 5.32 Å². The fourth-order valence-electron chi connectivity index (χ4n) is 2.55. The molecule has 1 aliphatic carbocycles. The Labute approximate surface area is 104 Å². The summed E-state index contributed by atoms with van der Waals surface area (Å²) in [5.41, 5.74) is 0.272. The zero-order valence-corrected chi connectivity index (χ0v) is 11.8. The van der Waals surface area contributed by atoms with Gasteiger partial charge in [0.15, 0.2) is 0 Å². The van der Waals surface area contributed by atoms with Crippen molar-refractivity contribution in [3.05, 3.63) is 0 Å². The predicted molar refractivity (Wildman–Crippen MR) is 68.6 cm³/mol. The number of carbonyl (C=O) groups excluding carboxylic acids is 1. The van der Waals surface area contributed by atoms with Crippen LogP contribution in [0.15, 0.2) is 0 Å². The first-order valence-electron chi connectivity index (χ1n) is 6.13. The van der Waals surface area contributed by atoms with Crippen molar-refractivity contribution < 1.29 is 4.79 Å². The molecule has 0 aromatic carbocycles. The molecule has 1 aliphatic rings. The van der Waals surface area contributed by atoms with E-state index in [1.807, 2.05) is 6.92 Å². The van der Waals surface area contributed by atoms with Crippen LogP contribution < -0.4 is 5.32 Å². The summed E-state index contributed by atoms with van der Waals surface area (Å²) in [6.07, 6.45) is 1.92. The largest absolute Gasteiger partial charge is 0.356 e. The molecule has 1 rings (SSSR count). The first kappa shape index (κ1) is 13.8. The minimum atomic E-state index is 0.136. The highest BCUT2D eigenvalue weighted by molar-refractivity contribution is 6.20. The molecule has 16 heavy (non-hydrogen) atoms. The van der Waals surface area contributed by atoms with E-state index in [1.165, 1.54) is 0 Å². The third-order valence-corrected chi connectivity index (χ3v) is 4.58. The number of halogens is 1. The molecule has 94 valence electrons. The van der Waals surface area contributed by atoms with Crippen LogP contribution in [-0.4, -0.2) is 17.8 Å². The monoisotopic (exact) mass is 245 g/mol. The molecule has 0 heterocycles. The lowest BCUT2D eigenvalue weighted by molar-refractivity contribution is -0.123. The minimum Gasteiger partial charge on any atom is -0.356 e. The highest BCUT2D eigenvalue weighted by atomic mass is 35.5. The van der Waals surface area contributed by atoms with Gasteiger partial charge in [0.25, 0.3) is 0 Å². The molecule has 3 heteroatoms. The second kappa shape index (κ2) is 4.56. The van der Waals surface area contributed by atoms with Crippen molar-refractivity contribution in [3.63, 3.8) is 0 Å². The van der Waals surface area contributed by atoms with Gasteiger partial charge in [-0.3, -0.25) is 4.79 Å². The van der Waals surface area contributed by atoms with Crippen LogP contribution in [0.3, 0.4) is 0 Å². The van der Waals surface area contributed by atoms with Gasteiger partial charge in [0, 0.05) is 17.8 Å². The Kier molecular flexibility index (Phi) is 3.94. The van der Waals surface area contributed by atoms with Crippen LogP contribution in [0.5, 0.6) is 0 Å². The van der Waals surface area contributed by atoms with Crippen LogP contribution >= 0.6 is 11.6 Å². The minimum absolute atomic E-state index is 0.136. The van der Waals surface area contributed by atoms with Gasteiger partial charge in [-0.05, 0) is 30.6 Å². The predicted octanol–water partition coefficient (Wildman–Crippen LogP) is 3.19. The molecule has 0 saturated heterocycles. The van der Waals surface area contributed by atoms with E-state index in [1.54, 1.807) is 0 Å². The molecule has 0 aromatic rings. The Hall–Kier alpha value is -0.240. The van der Waals surface area contributed by atoms with E-state index in [2.05, 4.69) is 33.0 Å². The molecule has 1 fully saturated rings. The second-order valence-corrected chi connectivity index (χ2v) is 6.84. The van der Waals surface area contributed by atoms with Gasteiger partial charge in [-0.25, -0.2) is 0 Å². The average Bonchev–Trinajstić information content (AvgIpc) is 2.51. The van der Waals surface area contributed by atoms with E-state index in [0.717, 1.165) is 19.4 Å². The van der Waals surface area contributed by atoms with E-state index in [4.69, 9.17) is 11.6 Å². The molecule has 0 bridgehead atoms. The van der Waals surface area contributed by atoms with Crippen LogP contribution in [0.1, 0.15) is 47.5 Å². The third-order valence-electron chi connectivity index (χ3n) is 4.36. The summed E-state index contributed by atoms with van der Waals surface area (Å²) < 4.78 is 0. The first-order valence-corrected chi connectivity index (χ1v) is 6.56. The van der Waals surface area contributed by atoms with E-state index >= 15 is 0 Å². The molecular weight excluding hydrogens is 222 g/mol. The standard InChI is InChI=1S/C13H24ClNO/c1-9(14)7-6-8-15-11(16)10-12(2,3)13(10,4)5/h9-10H,6-8H2,1-5H3,(H,15,16). The Morgan fingerprint density at radius 1 is 1.31 bits per heavy atom. The van der Waals surface area contributed by atoms with Crippen molar-refractivity contribution in [2.75, 3.05) is 6.54 Å². The number of alkyl halides is 1. The quantitative estimate of drug-likeness (QED) is 0.585. The summed E-state index contributed by atoms with van der Waals surface area (Å²) >= 11 is 5.85. The van der Waals surface area contributed by atoms with Gasteiger partial charge in [0.2, 0.25) is 5.91 Å². The summed E-state index contributed by atoms with van der Waals surface area (Å²) in [4.78, 5) is 11.9. The molecule has 1 N–H and O–H groups in total.